The van der Waals surface area contributed by atoms with E-state index in [1.54, 1.807) is 0 Å². The summed E-state index contributed by atoms with van der Waals surface area (Å²) >= 11 is 0. The predicted octanol–water partition coefficient (Wildman–Crippen LogP) is -1.18. The number of hydrogen-bond acceptors (Lipinski definition) is 5. The highest BCUT2D eigenvalue weighted by Gasteiger charge is 2.15. The second kappa shape index (κ2) is 5.36. The van der Waals surface area contributed by atoms with E-state index in [1.807, 2.05) is 0 Å². The van der Waals surface area contributed by atoms with E-state index in [4.69, 9.17) is 14.9 Å². The molecule has 0 aromatic carbocycles. The molecule has 0 bridgehead atoms. The lowest BCUT2D eigenvalue weighted by Gasteiger charge is -2.04. The summed E-state index contributed by atoms with van der Waals surface area (Å²) in [6, 6.07) is 0. The van der Waals surface area contributed by atoms with Crippen LogP contribution in [0.3, 0.4) is 0 Å². The van der Waals surface area contributed by atoms with Crippen LogP contribution in [0.5, 0.6) is 0 Å². The number of carbonyl (C=O) groups excluding carboxylic acids is 1. The molecule has 0 saturated heterocycles. The van der Waals surface area contributed by atoms with Crippen LogP contribution >= 0.6 is 7.82 Å². The highest BCUT2D eigenvalue weighted by molar-refractivity contribution is 7.46. The van der Waals surface area contributed by atoms with Crippen molar-refractivity contribution in [1.82, 2.24) is 6.15 Å². The van der Waals surface area contributed by atoms with Crippen molar-refractivity contribution in [3.8, 4) is 0 Å². The Labute approximate surface area is 62.8 Å². The van der Waals surface area contributed by atoms with Gasteiger partial charge < -0.3 is 25.8 Å². The van der Waals surface area contributed by atoms with Crippen LogP contribution < -0.4 is 6.15 Å². The van der Waals surface area contributed by atoms with E-state index in [0.29, 0.717) is 0 Å². The van der Waals surface area contributed by atoms with Crippen molar-refractivity contribution in [3.05, 3.63) is 0 Å². The Bertz CT molecular complexity index is 154. The first-order valence-corrected chi connectivity index (χ1v) is 3.82. The van der Waals surface area contributed by atoms with Crippen LogP contribution in [0, 0.1) is 0 Å². The van der Waals surface area contributed by atoms with Gasteiger partial charge in [-0.3, -0.25) is 4.52 Å². The van der Waals surface area contributed by atoms with Crippen LogP contribution in [0.4, 0.5) is 0 Å². The Morgan fingerprint density at radius 1 is 1.55 bits per heavy atom. The van der Waals surface area contributed by atoms with Crippen LogP contribution in [0.1, 0.15) is 0 Å². The summed E-state index contributed by atoms with van der Waals surface area (Å²) in [5, 5.41) is 8.38. The average Bonchev–Trinajstić information content (AvgIpc) is 1.81. The third-order valence-corrected chi connectivity index (χ3v) is 1.06. The van der Waals surface area contributed by atoms with Gasteiger partial charge in [0, 0.05) is 0 Å². The van der Waals surface area contributed by atoms with E-state index in [-0.39, 0.29) is 12.4 Å². The number of phosphoric acid groups is 1. The first-order valence-electron chi connectivity index (χ1n) is 2.29. The van der Waals surface area contributed by atoms with E-state index >= 15 is 0 Å². The molecule has 0 amide bonds. The van der Waals surface area contributed by atoms with Crippen LogP contribution in [-0.4, -0.2) is 33.9 Å². The van der Waals surface area contributed by atoms with Crippen molar-refractivity contribution < 1.29 is 28.8 Å². The monoisotopic (exact) mass is 187 g/mol. The van der Waals surface area contributed by atoms with Gasteiger partial charge in [-0.2, -0.15) is 0 Å². The van der Waals surface area contributed by atoms with Crippen molar-refractivity contribution in [2.24, 2.45) is 0 Å². The Kier molecular flexibility index (Phi) is 6.49. The molecule has 7 nitrogen and oxygen atoms in total. The second-order valence-corrected chi connectivity index (χ2v) is 2.73. The van der Waals surface area contributed by atoms with Crippen molar-refractivity contribution in [2.45, 2.75) is 6.10 Å². The molecule has 0 radical (unpaired) electrons. The summed E-state index contributed by atoms with van der Waals surface area (Å²) in [5.41, 5.74) is 0. The van der Waals surface area contributed by atoms with Gasteiger partial charge in [0.25, 0.3) is 0 Å². The van der Waals surface area contributed by atoms with Crippen molar-refractivity contribution in [1.29, 1.82) is 0 Å². The van der Waals surface area contributed by atoms with Crippen molar-refractivity contribution >= 4 is 14.1 Å². The number of carbonyl (C=O) groups is 1. The normalized spacial score (nSPS) is 13.4. The molecule has 0 aliphatic heterocycles. The number of aliphatic hydroxyl groups excluding tert-OH is 1. The maximum absolute atomic E-state index is 9.90. The van der Waals surface area contributed by atoms with E-state index in [9.17, 15) is 9.36 Å². The van der Waals surface area contributed by atoms with Gasteiger partial charge >= 0.3 is 7.82 Å². The molecule has 1 atom stereocenters. The minimum atomic E-state index is -4.55. The SMILES string of the molecule is N.O=CC(O)COP(=O)(O)O. The fourth-order valence-electron chi connectivity index (χ4n) is 0.213. The fourth-order valence-corrected chi connectivity index (χ4v) is 0.560. The third-order valence-electron chi connectivity index (χ3n) is 0.571. The van der Waals surface area contributed by atoms with Gasteiger partial charge in [-0.25, -0.2) is 4.57 Å². The molecule has 0 aliphatic carbocycles. The van der Waals surface area contributed by atoms with Gasteiger partial charge in [0.05, 0.1) is 6.61 Å². The molecular weight excluding hydrogens is 177 g/mol. The van der Waals surface area contributed by atoms with Crippen LogP contribution in [-0.2, 0) is 13.9 Å². The maximum Gasteiger partial charge on any atom is 0.469 e. The number of rotatable bonds is 4. The van der Waals surface area contributed by atoms with Gasteiger partial charge in [-0.15, -0.1) is 0 Å². The quantitative estimate of drug-likeness (QED) is 0.320. The lowest BCUT2D eigenvalue weighted by molar-refractivity contribution is -0.116. The Morgan fingerprint density at radius 3 is 2.27 bits per heavy atom. The molecule has 8 heteroatoms. The Balaban J connectivity index is 0. The topological polar surface area (TPSA) is 139 Å². The molecular formula is C3H10NO6P. The lowest BCUT2D eigenvalue weighted by Crippen LogP contribution is -2.15. The highest BCUT2D eigenvalue weighted by Crippen LogP contribution is 2.35. The van der Waals surface area contributed by atoms with Gasteiger partial charge in [-0.05, 0) is 0 Å². The molecule has 1 unspecified atom stereocenters. The minimum absolute atomic E-state index is 0. The molecule has 11 heavy (non-hydrogen) atoms. The minimum Gasteiger partial charge on any atom is -0.383 e. The fraction of sp³-hybridized carbons (Fsp3) is 0.667. The Hall–Kier alpha value is -0.300. The summed E-state index contributed by atoms with van der Waals surface area (Å²) in [5.74, 6) is 0. The van der Waals surface area contributed by atoms with Gasteiger partial charge in [0.15, 0.2) is 6.29 Å². The summed E-state index contributed by atoms with van der Waals surface area (Å²) in [6.45, 7) is -0.687. The maximum atomic E-state index is 9.90. The van der Waals surface area contributed by atoms with Crippen LogP contribution in [0.25, 0.3) is 0 Å². The van der Waals surface area contributed by atoms with E-state index in [2.05, 4.69) is 4.52 Å². The Morgan fingerprint density at radius 2 is 2.00 bits per heavy atom. The molecule has 6 N–H and O–H groups in total. The third kappa shape index (κ3) is 9.70. The van der Waals surface area contributed by atoms with E-state index < -0.39 is 20.5 Å². The van der Waals surface area contributed by atoms with Crippen molar-refractivity contribution in [2.75, 3.05) is 6.61 Å². The van der Waals surface area contributed by atoms with E-state index in [0.717, 1.165) is 0 Å². The zero-order valence-corrected chi connectivity index (χ0v) is 6.48. The summed E-state index contributed by atoms with van der Waals surface area (Å²) in [6.07, 6.45) is -1.36. The first kappa shape index (κ1) is 13.3. The van der Waals surface area contributed by atoms with Gasteiger partial charge in [0.2, 0.25) is 0 Å². The molecule has 0 spiro atoms. The number of aliphatic hydroxyl groups is 1. The van der Waals surface area contributed by atoms with Crippen LogP contribution in [0.15, 0.2) is 0 Å². The van der Waals surface area contributed by atoms with Gasteiger partial charge in [-0.1, -0.05) is 0 Å². The van der Waals surface area contributed by atoms with Gasteiger partial charge in [0.1, 0.15) is 6.10 Å². The zero-order valence-electron chi connectivity index (χ0n) is 5.58. The molecule has 0 aliphatic rings. The number of aldehydes is 1. The first-order chi connectivity index (χ1) is 4.45. The molecule has 68 valence electrons. The van der Waals surface area contributed by atoms with Crippen LogP contribution in [0.2, 0.25) is 0 Å². The lowest BCUT2D eigenvalue weighted by atomic mass is 10.4. The molecule has 0 fully saturated rings. The standard InChI is InChI=1S/C3H7O6P.H3N/c4-1-3(5)2-9-10(6,7)8;/h1,3,5H,2H2,(H2,6,7,8);1H3. The highest BCUT2D eigenvalue weighted by atomic mass is 31.2. The summed E-state index contributed by atoms with van der Waals surface area (Å²) in [4.78, 5) is 25.7. The molecule has 0 aromatic rings. The summed E-state index contributed by atoms with van der Waals surface area (Å²) < 4.78 is 13.7. The van der Waals surface area contributed by atoms with Crippen molar-refractivity contribution in [3.63, 3.8) is 0 Å². The number of phosphoric ester groups is 1. The van der Waals surface area contributed by atoms with E-state index in [1.165, 1.54) is 0 Å². The smallest absolute Gasteiger partial charge is 0.383 e. The number of hydrogen-bond donors (Lipinski definition) is 4. The summed E-state index contributed by atoms with van der Waals surface area (Å²) in [7, 11) is -4.55. The predicted molar refractivity (Wildman–Crippen MR) is 35.1 cm³/mol. The molecule has 0 rings (SSSR count). The molecule has 0 saturated carbocycles. The second-order valence-electron chi connectivity index (χ2n) is 1.49. The molecule has 0 heterocycles. The zero-order chi connectivity index (χ0) is 8.20. The largest absolute Gasteiger partial charge is 0.469 e. The molecule has 0 aromatic heterocycles. The average molecular weight is 187 g/mol.